The van der Waals surface area contributed by atoms with Gasteiger partial charge in [0.15, 0.2) is 0 Å². The van der Waals surface area contributed by atoms with Gasteiger partial charge in [-0.05, 0) is 12.1 Å². The van der Waals surface area contributed by atoms with Crippen LogP contribution < -0.4 is 11.1 Å². The van der Waals surface area contributed by atoms with Crippen LogP contribution in [-0.2, 0) is 4.79 Å². The van der Waals surface area contributed by atoms with Crippen LogP contribution in [0.15, 0.2) is 18.2 Å². The van der Waals surface area contributed by atoms with Gasteiger partial charge in [-0.3, -0.25) is 4.79 Å². The number of hydrogen-bond acceptors (Lipinski definition) is 3. The largest absolute Gasteiger partial charge is 0.478 e. The minimum atomic E-state index is -1.38. The number of nitrogens with one attached hydrogen (secondary N) is 1. The van der Waals surface area contributed by atoms with Crippen LogP contribution in [0.5, 0.6) is 0 Å². The highest BCUT2D eigenvalue weighted by Crippen LogP contribution is 2.20. The molecule has 0 atom stereocenters. The molecular formula is C11H12FN3O4. The van der Waals surface area contributed by atoms with Gasteiger partial charge in [0.1, 0.15) is 12.4 Å². The number of para-hydroxylation sites is 1. The minimum absolute atomic E-state index is 0.372. The second-order valence-electron chi connectivity index (χ2n) is 3.72. The monoisotopic (exact) mass is 269 g/mol. The Balaban J connectivity index is 2.96. The fourth-order valence-electron chi connectivity index (χ4n) is 1.34. The van der Waals surface area contributed by atoms with Gasteiger partial charge < -0.3 is 21.1 Å². The summed E-state index contributed by atoms with van der Waals surface area (Å²) in [6.45, 7) is -0.372. The highest BCUT2D eigenvalue weighted by molar-refractivity contribution is 6.00. The summed E-state index contributed by atoms with van der Waals surface area (Å²) in [5.41, 5.74) is 4.05. The van der Waals surface area contributed by atoms with E-state index in [9.17, 15) is 18.8 Å². The van der Waals surface area contributed by atoms with Gasteiger partial charge in [-0.25, -0.2) is 14.0 Å². The van der Waals surface area contributed by atoms with E-state index < -0.39 is 29.4 Å². The zero-order chi connectivity index (χ0) is 14.6. The number of amides is 3. The number of benzene rings is 1. The summed E-state index contributed by atoms with van der Waals surface area (Å²) in [5, 5.41) is 11.0. The standard InChI is InChI=1S/C11H12FN3O4/c1-15(5-8(13)16)11(19)14-9-6(10(17)18)3-2-4-7(9)12/h2-4H,5H2,1H3,(H2,13,16)(H,14,19)(H,17,18). The molecule has 8 heteroatoms. The lowest BCUT2D eigenvalue weighted by Gasteiger charge is -2.17. The van der Waals surface area contributed by atoms with Gasteiger partial charge in [-0.2, -0.15) is 0 Å². The number of aromatic carboxylic acids is 1. The van der Waals surface area contributed by atoms with Crippen molar-refractivity contribution >= 4 is 23.6 Å². The number of likely N-dealkylation sites (N-methyl/N-ethyl adjacent to an activating group) is 1. The number of halogens is 1. The van der Waals surface area contributed by atoms with E-state index >= 15 is 0 Å². The molecule has 1 aromatic rings. The lowest BCUT2D eigenvalue weighted by molar-refractivity contribution is -0.118. The Morgan fingerprint density at radius 1 is 1.42 bits per heavy atom. The van der Waals surface area contributed by atoms with E-state index in [-0.39, 0.29) is 12.1 Å². The molecule has 0 saturated carbocycles. The molecule has 19 heavy (non-hydrogen) atoms. The van der Waals surface area contributed by atoms with Gasteiger partial charge in [0.05, 0.1) is 11.3 Å². The zero-order valence-electron chi connectivity index (χ0n) is 10.0. The summed E-state index contributed by atoms with van der Waals surface area (Å²) in [6.07, 6.45) is 0. The van der Waals surface area contributed by atoms with Crippen molar-refractivity contribution in [3.8, 4) is 0 Å². The molecule has 0 aromatic heterocycles. The predicted molar refractivity (Wildman–Crippen MR) is 64.2 cm³/mol. The van der Waals surface area contributed by atoms with Crippen molar-refractivity contribution < 1.29 is 23.9 Å². The van der Waals surface area contributed by atoms with Crippen LogP contribution in [0.4, 0.5) is 14.9 Å². The third kappa shape index (κ3) is 3.66. The number of rotatable bonds is 4. The van der Waals surface area contributed by atoms with Crippen molar-refractivity contribution in [3.05, 3.63) is 29.6 Å². The minimum Gasteiger partial charge on any atom is -0.478 e. The van der Waals surface area contributed by atoms with Crippen molar-refractivity contribution in [3.63, 3.8) is 0 Å². The van der Waals surface area contributed by atoms with Gasteiger partial charge in [-0.1, -0.05) is 6.07 Å². The molecule has 0 radical (unpaired) electrons. The molecule has 0 spiro atoms. The number of carboxylic acid groups (broad SMARTS) is 1. The third-order valence-corrected chi connectivity index (χ3v) is 2.22. The fourth-order valence-corrected chi connectivity index (χ4v) is 1.34. The molecule has 1 aromatic carbocycles. The third-order valence-electron chi connectivity index (χ3n) is 2.22. The second kappa shape index (κ2) is 5.80. The van der Waals surface area contributed by atoms with E-state index in [1.165, 1.54) is 13.1 Å². The second-order valence-corrected chi connectivity index (χ2v) is 3.72. The Bertz CT molecular complexity index is 533. The van der Waals surface area contributed by atoms with Crippen LogP contribution in [0, 0.1) is 5.82 Å². The lowest BCUT2D eigenvalue weighted by atomic mass is 10.1. The summed E-state index contributed by atoms with van der Waals surface area (Å²) >= 11 is 0. The molecule has 0 heterocycles. The van der Waals surface area contributed by atoms with Gasteiger partial charge in [0, 0.05) is 7.05 Å². The first-order valence-corrected chi connectivity index (χ1v) is 5.15. The predicted octanol–water partition coefficient (Wildman–Crippen LogP) is 0.473. The van der Waals surface area contributed by atoms with Crippen LogP contribution in [-0.4, -0.2) is 41.5 Å². The van der Waals surface area contributed by atoms with Crippen molar-refractivity contribution in [2.75, 3.05) is 18.9 Å². The number of carboxylic acids is 1. The number of hydrogen-bond donors (Lipinski definition) is 3. The molecule has 0 aliphatic rings. The molecule has 0 saturated heterocycles. The molecular weight excluding hydrogens is 257 g/mol. The van der Waals surface area contributed by atoms with Gasteiger partial charge in [-0.15, -0.1) is 0 Å². The molecule has 102 valence electrons. The van der Waals surface area contributed by atoms with Crippen LogP contribution in [0.1, 0.15) is 10.4 Å². The Morgan fingerprint density at radius 3 is 2.58 bits per heavy atom. The van der Waals surface area contributed by atoms with E-state index in [1.54, 1.807) is 0 Å². The molecule has 4 N–H and O–H groups in total. The number of anilines is 1. The Kier molecular flexibility index (Phi) is 4.41. The summed E-state index contributed by atoms with van der Waals surface area (Å²) in [7, 11) is 1.27. The highest BCUT2D eigenvalue weighted by Gasteiger charge is 2.18. The van der Waals surface area contributed by atoms with E-state index in [2.05, 4.69) is 5.32 Å². The van der Waals surface area contributed by atoms with E-state index in [0.717, 1.165) is 17.0 Å². The summed E-state index contributed by atoms with van der Waals surface area (Å²) in [6, 6.07) is 2.53. The normalized spacial score (nSPS) is 9.79. The highest BCUT2D eigenvalue weighted by atomic mass is 19.1. The van der Waals surface area contributed by atoms with Crippen molar-refractivity contribution in [2.24, 2.45) is 5.73 Å². The molecule has 0 unspecified atom stereocenters. The maximum atomic E-state index is 13.5. The molecule has 0 fully saturated rings. The summed E-state index contributed by atoms with van der Waals surface area (Å²) in [5.74, 6) is -3.02. The molecule has 0 bridgehead atoms. The smallest absolute Gasteiger partial charge is 0.337 e. The number of nitrogens with zero attached hydrogens (tertiary/aromatic N) is 1. The fraction of sp³-hybridized carbons (Fsp3) is 0.182. The van der Waals surface area contributed by atoms with Crippen molar-refractivity contribution in [1.82, 2.24) is 4.90 Å². The Labute approximate surface area is 107 Å². The van der Waals surface area contributed by atoms with Gasteiger partial charge >= 0.3 is 12.0 Å². The molecule has 1 rings (SSSR count). The van der Waals surface area contributed by atoms with Crippen LogP contribution in [0.3, 0.4) is 0 Å². The first-order chi connectivity index (χ1) is 8.82. The Hall–Kier alpha value is -2.64. The Morgan fingerprint density at radius 2 is 2.05 bits per heavy atom. The lowest BCUT2D eigenvalue weighted by Crippen LogP contribution is -2.38. The number of carbonyl (C=O) groups excluding carboxylic acids is 2. The van der Waals surface area contributed by atoms with Crippen molar-refractivity contribution in [2.45, 2.75) is 0 Å². The number of primary amides is 1. The summed E-state index contributed by atoms with van der Waals surface area (Å²) in [4.78, 5) is 34.1. The zero-order valence-corrected chi connectivity index (χ0v) is 10.0. The van der Waals surface area contributed by atoms with Crippen LogP contribution >= 0.6 is 0 Å². The molecule has 3 amide bonds. The maximum Gasteiger partial charge on any atom is 0.337 e. The average Bonchev–Trinajstić information content (AvgIpc) is 2.30. The first kappa shape index (κ1) is 14.4. The van der Waals surface area contributed by atoms with Crippen molar-refractivity contribution in [1.29, 1.82) is 0 Å². The van der Waals surface area contributed by atoms with Crippen LogP contribution in [0.2, 0.25) is 0 Å². The first-order valence-electron chi connectivity index (χ1n) is 5.15. The molecule has 0 aliphatic heterocycles. The van der Waals surface area contributed by atoms with Crippen LogP contribution in [0.25, 0.3) is 0 Å². The van der Waals surface area contributed by atoms with E-state index in [4.69, 9.17) is 10.8 Å². The topological polar surface area (TPSA) is 113 Å². The number of urea groups is 1. The summed E-state index contributed by atoms with van der Waals surface area (Å²) < 4.78 is 13.5. The van der Waals surface area contributed by atoms with E-state index in [0.29, 0.717) is 0 Å². The number of nitrogens with two attached hydrogens (primary N) is 1. The quantitative estimate of drug-likeness (QED) is 0.737. The average molecular weight is 269 g/mol. The molecule has 7 nitrogen and oxygen atoms in total. The van der Waals surface area contributed by atoms with E-state index in [1.807, 2.05) is 0 Å². The maximum absolute atomic E-state index is 13.5. The molecule has 0 aliphatic carbocycles. The SMILES string of the molecule is CN(CC(N)=O)C(=O)Nc1c(F)cccc1C(=O)O. The van der Waals surface area contributed by atoms with Gasteiger partial charge in [0.25, 0.3) is 0 Å². The number of carbonyl (C=O) groups is 3. The van der Waals surface area contributed by atoms with Gasteiger partial charge in [0.2, 0.25) is 5.91 Å².